The van der Waals surface area contributed by atoms with Gasteiger partial charge in [-0.1, -0.05) is 31.2 Å². The monoisotopic (exact) mass is 288 g/mol. The summed E-state index contributed by atoms with van der Waals surface area (Å²) in [6.45, 7) is 6.56. The van der Waals surface area contributed by atoms with E-state index in [4.69, 9.17) is 5.11 Å². The number of rotatable bonds is 5. The standard InChI is InChI=1S/C17H24N2O2/c1-3-16-13-19(11-10-18(16)2)12-15-6-4-14(5-7-15)8-9-17(20)21/h4-9,16H,3,10-13H2,1-2H3,(H,20,21). The fourth-order valence-electron chi connectivity index (χ4n) is 2.75. The van der Waals surface area contributed by atoms with Crippen LogP contribution in [0.4, 0.5) is 0 Å². The van der Waals surface area contributed by atoms with Crippen molar-refractivity contribution in [3.05, 3.63) is 41.5 Å². The van der Waals surface area contributed by atoms with Crippen LogP contribution >= 0.6 is 0 Å². The molecule has 0 saturated carbocycles. The van der Waals surface area contributed by atoms with Crippen molar-refractivity contribution in [2.75, 3.05) is 26.7 Å². The zero-order valence-corrected chi connectivity index (χ0v) is 12.8. The number of benzene rings is 1. The van der Waals surface area contributed by atoms with Gasteiger partial charge in [-0.2, -0.15) is 0 Å². The molecule has 1 aromatic rings. The van der Waals surface area contributed by atoms with Crippen molar-refractivity contribution in [1.82, 2.24) is 9.80 Å². The molecule has 1 unspecified atom stereocenters. The summed E-state index contributed by atoms with van der Waals surface area (Å²) in [6.07, 6.45) is 3.97. The maximum Gasteiger partial charge on any atom is 0.328 e. The van der Waals surface area contributed by atoms with Crippen LogP contribution < -0.4 is 0 Å². The molecule has 0 radical (unpaired) electrons. The Bertz CT molecular complexity index is 496. The van der Waals surface area contributed by atoms with Crippen LogP contribution in [0.2, 0.25) is 0 Å². The molecule has 1 fully saturated rings. The third-order valence-electron chi connectivity index (χ3n) is 4.14. The van der Waals surface area contributed by atoms with E-state index >= 15 is 0 Å². The van der Waals surface area contributed by atoms with Gasteiger partial charge in [0.25, 0.3) is 0 Å². The van der Waals surface area contributed by atoms with Crippen LogP contribution in [0, 0.1) is 0 Å². The number of aliphatic carboxylic acids is 1. The Kier molecular flexibility index (Phi) is 5.53. The number of piperazine rings is 1. The molecule has 0 amide bonds. The molecule has 2 rings (SSSR count). The van der Waals surface area contributed by atoms with Crippen LogP contribution in [0.1, 0.15) is 24.5 Å². The molecule has 114 valence electrons. The molecule has 1 aromatic carbocycles. The van der Waals surface area contributed by atoms with Gasteiger partial charge in [0.1, 0.15) is 0 Å². The van der Waals surface area contributed by atoms with Gasteiger partial charge in [-0.05, 0) is 30.7 Å². The molecule has 1 N–H and O–H groups in total. The topological polar surface area (TPSA) is 43.8 Å². The maximum absolute atomic E-state index is 10.5. The molecule has 1 saturated heterocycles. The van der Waals surface area contributed by atoms with Gasteiger partial charge in [-0.3, -0.25) is 4.90 Å². The van der Waals surface area contributed by atoms with E-state index in [-0.39, 0.29) is 0 Å². The van der Waals surface area contributed by atoms with Crippen molar-refractivity contribution in [1.29, 1.82) is 0 Å². The summed E-state index contributed by atoms with van der Waals surface area (Å²) in [7, 11) is 2.20. The molecule has 1 aliphatic rings. The van der Waals surface area contributed by atoms with Gasteiger partial charge in [0.05, 0.1) is 0 Å². The largest absolute Gasteiger partial charge is 0.478 e. The Balaban J connectivity index is 1.93. The Morgan fingerprint density at radius 3 is 2.67 bits per heavy atom. The van der Waals surface area contributed by atoms with E-state index in [2.05, 4.69) is 35.9 Å². The number of nitrogens with zero attached hydrogens (tertiary/aromatic N) is 2. The summed E-state index contributed by atoms with van der Waals surface area (Å²) in [6, 6.07) is 8.77. The first-order valence-electron chi connectivity index (χ1n) is 7.51. The summed E-state index contributed by atoms with van der Waals surface area (Å²) in [4.78, 5) is 15.4. The van der Waals surface area contributed by atoms with Gasteiger partial charge in [0.2, 0.25) is 0 Å². The molecule has 4 heteroatoms. The van der Waals surface area contributed by atoms with Crippen LogP contribution in [0.25, 0.3) is 6.08 Å². The first kappa shape index (κ1) is 15.7. The van der Waals surface area contributed by atoms with E-state index in [1.54, 1.807) is 6.08 Å². The lowest BCUT2D eigenvalue weighted by molar-refractivity contribution is -0.131. The number of carboxylic acids is 1. The van der Waals surface area contributed by atoms with Gasteiger partial charge >= 0.3 is 5.97 Å². The van der Waals surface area contributed by atoms with Crippen molar-refractivity contribution in [2.45, 2.75) is 25.9 Å². The SMILES string of the molecule is CCC1CN(Cc2ccc(C=CC(=O)O)cc2)CCN1C. The zero-order chi connectivity index (χ0) is 15.2. The number of carbonyl (C=O) groups is 1. The van der Waals surface area contributed by atoms with Crippen molar-refractivity contribution in [2.24, 2.45) is 0 Å². The fourth-order valence-corrected chi connectivity index (χ4v) is 2.75. The first-order chi connectivity index (χ1) is 10.1. The van der Waals surface area contributed by atoms with Crippen LogP contribution in [-0.4, -0.2) is 53.6 Å². The lowest BCUT2D eigenvalue weighted by Crippen LogP contribution is -2.50. The van der Waals surface area contributed by atoms with Gasteiger partial charge in [-0.15, -0.1) is 0 Å². The molecule has 4 nitrogen and oxygen atoms in total. The smallest absolute Gasteiger partial charge is 0.328 e. The van der Waals surface area contributed by atoms with E-state index in [9.17, 15) is 4.79 Å². The van der Waals surface area contributed by atoms with Gasteiger partial charge in [-0.25, -0.2) is 4.79 Å². The van der Waals surface area contributed by atoms with E-state index < -0.39 is 5.97 Å². The third-order valence-corrected chi connectivity index (χ3v) is 4.14. The minimum atomic E-state index is -0.915. The minimum Gasteiger partial charge on any atom is -0.478 e. The highest BCUT2D eigenvalue weighted by Gasteiger charge is 2.22. The zero-order valence-electron chi connectivity index (χ0n) is 12.8. The second kappa shape index (κ2) is 7.38. The van der Waals surface area contributed by atoms with Crippen LogP contribution in [-0.2, 0) is 11.3 Å². The highest BCUT2D eigenvalue weighted by Crippen LogP contribution is 2.14. The number of likely N-dealkylation sites (N-methyl/N-ethyl adjacent to an activating group) is 1. The van der Waals surface area contributed by atoms with Gasteiger partial charge in [0, 0.05) is 38.3 Å². The Morgan fingerprint density at radius 2 is 2.05 bits per heavy atom. The average molecular weight is 288 g/mol. The molecule has 0 spiro atoms. The van der Waals surface area contributed by atoms with E-state index in [0.717, 1.165) is 31.7 Å². The molecule has 1 atom stereocenters. The third kappa shape index (κ3) is 4.69. The molecular formula is C17H24N2O2. The van der Waals surface area contributed by atoms with Crippen LogP contribution in [0.5, 0.6) is 0 Å². The Morgan fingerprint density at radius 1 is 1.33 bits per heavy atom. The first-order valence-corrected chi connectivity index (χ1v) is 7.51. The molecular weight excluding hydrogens is 264 g/mol. The quantitative estimate of drug-likeness (QED) is 0.845. The Hall–Kier alpha value is -1.65. The highest BCUT2D eigenvalue weighted by atomic mass is 16.4. The lowest BCUT2D eigenvalue weighted by atomic mass is 10.1. The molecule has 21 heavy (non-hydrogen) atoms. The van der Waals surface area contributed by atoms with Crippen molar-refractivity contribution in [3.63, 3.8) is 0 Å². The maximum atomic E-state index is 10.5. The number of hydrogen-bond acceptors (Lipinski definition) is 3. The summed E-state index contributed by atoms with van der Waals surface area (Å²) in [5.74, 6) is -0.915. The van der Waals surface area contributed by atoms with Gasteiger partial charge < -0.3 is 10.0 Å². The van der Waals surface area contributed by atoms with E-state index in [1.165, 1.54) is 18.1 Å². The molecule has 0 bridgehead atoms. The second-order valence-electron chi connectivity index (χ2n) is 5.69. The van der Waals surface area contributed by atoms with Crippen molar-refractivity contribution in [3.8, 4) is 0 Å². The normalized spacial score (nSPS) is 21.0. The van der Waals surface area contributed by atoms with Crippen molar-refractivity contribution >= 4 is 12.0 Å². The van der Waals surface area contributed by atoms with Crippen molar-refractivity contribution < 1.29 is 9.90 Å². The lowest BCUT2D eigenvalue weighted by Gasteiger charge is -2.39. The minimum absolute atomic E-state index is 0.650. The van der Waals surface area contributed by atoms with E-state index in [0.29, 0.717) is 6.04 Å². The number of carboxylic acid groups (broad SMARTS) is 1. The van der Waals surface area contributed by atoms with Crippen LogP contribution in [0.3, 0.4) is 0 Å². The summed E-state index contributed by atoms with van der Waals surface area (Å²) in [5.41, 5.74) is 2.20. The summed E-state index contributed by atoms with van der Waals surface area (Å²) in [5, 5.41) is 8.62. The predicted octanol–water partition coefficient (Wildman–Crippen LogP) is 2.31. The molecule has 1 heterocycles. The average Bonchev–Trinajstić information content (AvgIpc) is 2.48. The molecule has 0 aliphatic carbocycles. The van der Waals surface area contributed by atoms with Crippen LogP contribution in [0.15, 0.2) is 30.3 Å². The van der Waals surface area contributed by atoms with E-state index in [1.807, 2.05) is 12.1 Å². The molecule has 0 aromatic heterocycles. The highest BCUT2D eigenvalue weighted by molar-refractivity contribution is 5.85. The number of hydrogen-bond donors (Lipinski definition) is 1. The second-order valence-corrected chi connectivity index (χ2v) is 5.69. The fraction of sp³-hybridized carbons (Fsp3) is 0.471. The molecule has 1 aliphatic heterocycles. The Labute approximate surface area is 126 Å². The van der Waals surface area contributed by atoms with Gasteiger partial charge in [0.15, 0.2) is 0 Å². The predicted molar refractivity (Wildman–Crippen MR) is 85.1 cm³/mol. The summed E-state index contributed by atoms with van der Waals surface area (Å²) < 4.78 is 0. The summed E-state index contributed by atoms with van der Waals surface area (Å²) >= 11 is 0.